The molecule has 1 amide bonds. The maximum Gasteiger partial charge on any atom is 0.249 e. The summed E-state index contributed by atoms with van der Waals surface area (Å²) in [6.07, 6.45) is 4.96. The summed E-state index contributed by atoms with van der Waals surface area (Å²) in [5.74, 6) is 0.752. The van der Waals surface area contributed by atoms with Crippen molar-refractivity contribution in [3.8, 4) is 0 Å². The van der Waals surface area contributed by atoms with Crippen LogP contribution in [0.15, 0.2) is 0 Å². The van der Waals surface area contributed by atoms with Crippen molar-refractivity contribution in [2.24, 2.45) is 0 Å². The molecule has 1 aliphatic rings. The van der Waals surface area contributed by atoms with Crippen molar-refractivity contribution < 1.29 is 9.53 Å². The Hall–Kier alpha value is -0.280. The van der Waals surface area contributed by atoms with E-state index in [-0.39, 0.29) is 18.1 Å². The van der Waals surface area contributed by atoms with Gasteiger partial charge in [-0.05, 0) is 32.6 Å². The normalized spacial score (nSPS) is 25.5. The second-order valence-electron chi connectivity index (χ2n) is 4.05. The first-order valence-corrected chi connectivity index (χ1v) is 6.26. The SMILES string of the molecule is CC1CCC(C(=O)NCCCCCCl)O1. The molecule has 1 aliphatic heterocycles. The highest BCUT2D eigenvalue weighted by molar-refractivity contribution is 6.17. The van der Waals surface area contributed by atoms with E-state index in [1.54, 1.807) is 0 Å². The van der Waals surface area contributed by atoms with Gasteiger partial charge in [-0.25, -0.2) is 0 Å². The second kappa shape index (κ2) is 7.07. The van der Waals surface area contributed by atoms with E-state index in [1.165, 1.54) is 0 Å². The summed E-state index contributed by atoms with van der Waals surface area (Å²) in [6, 6.07) is 0. The molecule has 2 unspecified atom stereocenters. The highest BCUT2D eigenvalue weighted by Gasteiger charge is 2.27. The first-order chi connectivity index (χ1) is 7.24. The molecule has 0 spiro atoms. The molecule has 0 saturated carbocycles. The van der Waals surface area contributed by atoms with Gasteiger partial charge in [-0.15, -0.1) is 11.6 Å². The third kappa shape index (κ3) is 4.85. The fourth-order valence-electron chi connectivity index (χ4n) is 1.72. The molecule has 1 N–H and O–H groups in total. The Kier molecular flexibility index (Phi) is 6.03. The Labute approximate surface area is 96.5 Å². The third-order valence-corrected chi connectivity index (χ3v) is 2.90. The van der Waals surface area contributed by atoms with Gasteiger partial charge < -0.3 is 10.1 Å². The van der Waals surface area contributed by atoms with E-state index in [2.05, 4.69) is 5.32 Å². The zero-order chi connectivity index (χ0) is 11.1. The van der Waals surface area contributed by atoms with Gasteiger partial charge in [0.2, 0.25) is 5.91 Å². The number of ether oxygens (including phenoxy) is 1. The van der Waals surface area contributed by atoms with Crippen LogP contribution in [0.5, 0.6) is 0 Å². The number of unbranched alkanes of at least 4 members (excludes halogenated alkanes) is 2. The van der Waals surface area contributed by atoms with E-state index in [0.717, 1.165) is 38.6 Å². The quantitative estimate of drug-likeness (QED) is 0.564. The first kappa shape index (κ1) is 12.8. The van der Waals surface area contributed by atoms with Crippen molar-refractivity contribution in [3.05, 3.63) is 0 Å². The molecular weight excluding hydrogens is 214 g/mol. The molecule has 0 aromatic carbocycles. The smallest absolute Gasteiger partial charge is 0.249 e. The second-order valence-corrected chi connectivity index (χ2v) is 4.43. The Balaban J connectivity index is 2.03. The van der Waals surface area contributed by atoms with E-state index in [0.29, 0.717) is 5.88 Å². The average molecular weight is 234 g/mol. The van der Waals surface area contributed by atoms with Crippen LogP contribution in [0.25, 0.3) is 0 Å². The zero-order valence-corrected chi connectivity index (χ0v) is 10.1. The minimum atomic E-state index is -0.215. The number of nitrogens with one attached hydrogen (secondary N) is 1. The molecule has 0 aromatic rings. The van der Waals surface area contributed by atoms with Crippen molar-refractivity contribution in [2.75, 3.05) is 12.4 Å². The van der Waals surface area contributed by atoms with Crippen LogP contribution in [0.2, 0.25) is 0 Å². The standard InChI is InChI=1S/C11H20ClNO2/c1-9-5-6-10(15-9)11(14)13-8-4-2-3-7-12/h9-10H,2-8H2,1H3,(H,13,14). The predicted molar refractivity (Wildman–Crippen MR) is 61.1 cm³/mol. The largest absolute Gasteiger partial charge is 0.365 e. The lowest BCUT2D eigenvalue weighted by Gasteiger charge is -2.11. The molecule has 0 radical (unpaired) electrons. The monoisotopic (exact) mass is 233 g/mol. The minimum absolute atomic E-state index is 0.0465. The molecule has 88 valence electrons. The number of amides is 1. The molecule has 0 aliphatic carbocycles. The number of hydrogen-bond donors (Lipinski definition) is 1. The van der Waals surface area contributed by atoms with E-state index in [4.69, 9.17) is 16.3 Å². The molecule has 4 heteroatoms. The van der Waals surface area contributed by atoms with E-state index in [1.807, 2.05) is 6.92 Å². The van der Waals surface area contributed by atoms with Crippen LogP contribution in [0.1, 0.15) is 39.0 Å². The molecule has 1 fully saturated rings. The van der Waals surface area contributed by atoms with Crippen LogP contribution in [0, 0.1) is 0 Å². The maximum atomic E-state index is 11.6. The van der Waals surface area contributed by atoms with Crippen molar-refractivity contribution >= 4 is 17.5 Å². The van der Waals surface area contributed by atoms with Gasteiger partial charge in [0.25, 0.3) is 0 Å². The lowest BCUT2D eigenvalue weighted by molar-refractivity contribution is -0.131. The number of alkyl halides is 1. The maximum absolute atomic E-state index is 11.6. The molecule has 0 aromatic heterocycles. The number of halogens is 1. The van der Waals surface area contributed by atoms with E-state index in [9.17, 15) is 4.79 Å². The Morgan fingerprint density at radius 1 is 1.40 bits per heavy atom. The van der Waals surface area contributed by atoms with Crippen molar-refractivity contribution in [2.45, 2.75) is 51.2 Å². The van der Waals surface area contributed by atoms with Crippen LogP contribution in [0.4, 0.5) is 0 Å². The Morgan fingerprint density at radius 2 is 2.20 bits per heavy atom. The lowest BCUT2D eigenvalue weighted by atomic mass is 10.2. The van der Waals surface area contributed by atoms with Gasteiger partial charge in [-0.2, -0.15) is 0 Å². The van der Waals surface area contributed by atoms with Gasteiger partial charge >= 0.3 is 0 Å². The molecule has 1 heterocycles. The van der Waals surface area contributed by atoms with Crippen LogP contribution < -0.4 is 5.32 Å². The molecule has 15 heavy (non-hydrogen) atoms. The highest BCUT2D eigenvalue weighted by Crippen LogP contribution is 2.18. The van der Waals surface area contributed by atoms with Gasteiger partial charge in [0.05, 0.1) is 6.10 Å². The van der Waals surface area contributed by atoms with Crippen molar-refractivity contribution in [1.29, 1.82) is 0 Å². The van der Waals surface area contributed by atoms with Gasteiger partial charge in [0.1, 0.15) is 6.10 Å². The minimum Gasteiger partial charge on any atom is -0.365 e. The summed E-state index contributed by atoms with van der Waals surface area (Å²) in [6.45, 7) is 2.75. The molecule has 3 nitrogen and oxygen atoms in total. The highest BCUT2D eigenvalue weighted by atomic mass is 35.5. The van der Waals surface area contributed by atoms with Crippen LogP contribution in [-0.2, 0) is 9.53 Å². The van der Waals surface area contributed by atoms with Crippen LogP contribution in [0.3, 0.4) is 0 Å². The summed E-state index contributed by atoms with van der Waals surface area (Å²) in [4.78, 5) is 11.6. The lowest BCUT2D eigenvalue weighted by Crippen LogP contribution is -2.35. The van der Waals surface area contributed by atoms with Crippen molar-refractivity contribution in [1.82, 2.24) is 5.32 Å². The van der Waals surface area contributed by atoms with Crippen molar-refractivity contribution in [3.63, 3.8) is 0 Å². The molecule has 2 atom stereocenters. The van der Waals surface area contributed by atoms with E-state index < -0.39 is 0 Å². The summed E-state index contributed by atoms with van der Waals surface area (Å²) < 4.78 is 5.47. The predicted octanol–water partition coefficient (Wildman–Crippen LogP) is 2.08. The van der Waals surface area contributed by atoms with Crippen LogP contribution in [-0.4, -0.2) is 30.5 Å². The van der Waals surface area contributed by atoms with E-state index >= 15 is 0 Å². The van der Waals surface area contributed by atoms with Gasteiger partial charge in [0.15, 0.2) is 0 Å². The third-order valence-electron chi connectivity index (χ3n) is 2.63. The Bertz CT molecular complexity index is 199. The molecular formula is C11H20ClNO2. The van der Waals surface area contributed by atoms with Gasteiger partial charge in [-0.1, -0.05) is 6.42 Å². The molecule has 0 bridgehead atoms. The van der Waals surface area contributed by atoms with Crippen LogP contribution >= 0.6 is 11.6 Å². The average Bonchev–Trinajstić information content (AvgIpc) is 2.64. The summed E-state index contributed by atoms with van der Waals surface area (Å²) in [5, 5.41) is 2.90. The summed E-state index contributed by atoms with van der Waals surface area (Å²) in [7, 11) is 0. The molecule has 1 saturated heterocycles. The number of carbonyl (C=O) groups excluding carboxylic acids is 1. The number of hydrogen-bond acceptors (Lipinski definition) is 2. The van der Waals surface area contributed by atoms with Gasteiger partial charge in [0, 0.05) is 12.4 Å². The summed E-state index contributed by atoms with van der Waals surface area (Å²) in [5.41, 5.74) is 0. The fraction of sp³-hybridized carbons (Fsp3) is 0.909. The summed E-state index contributed by atoms with van der Waals surface area (Å²) >= 11 is 5.56. The topological polar surface area (TPSA) is 38.3 Å². The Morgan fingerprint density at radius 3 is 2.80 bits per heavy atom. The fourth-order valence-corrected chi connectivity index (χ4v) is 1.91. The van der Waals surface area contributed by atoms with Gasteiger partial charge in [-0.3, -0.25) is 4.79 Å². The zero-order valence-electron chi connectivity index (χ0n) is 9.30. The number of carbonyl (C=O) groups is 1. The number of rotatable bonds is 6. The molecule has 1 rings (SSSR count). The first-order valence-electron chi connectivity index (χ1n) is 5.73.